The molecule has 0 radical (unpaired) electrons. The second-order valence-electron chi connectivity index (χ2n) is 6.54. The van der Waals surface area contributed by atoms with Gasteiger partial charge in [0.15, 0.2) is 0 Å². The zero-order valence-electron chi connectivity index (χ0n) is 16.3. The molecule has 2 N–H and O–H groups in total. The SMILES string of the molecule is CCOC(=O)Nc1ccc(NCc2ccc(Cl)s2)cc1-c1cccc2ncccc12. The summed E-state index contributed by atoms with van der Waals surface area (Å²) in [5.74, 6) is 0. The Morgan fingerprint density at radius 3 is 2.80 bits per heavy atom. The summed E-state index contributed by atoms with van der Waals surface area (Å²) >= 11 is 7.58. The first kappa shape index (κ1) is 20.2. The molecule has 2 heterocycles. The summed E-state index contributed by atoms with van der Waals surface area (Å²) in [6, 6.07) is 19.6. The maximum absolute atomic E-state index is 12.1. The van der Waals surface area contributed by atoms with Gasteiger partial charge >= 0.3 is 6.09 Å². The molecule has 0 aliphatic heterocycles. The molecular formula is C23H20ClN3O2S. The standard InChI is InChI=1S/C23H20ClN3O2S/c1-2-29-23(28)27-21-10-8-15(26-14-16-9-11-22(24)30-16)13-19(21)17-5-3-7-20-18(17)6-4-12-25-20/h3-13,26H,2,14H2,1H3,(H,27,28). The van der Waals surface area contributed by atoms with E-state index < -0.39 is 6.09 Å². The van der Waals surface area contributed by atoms with Gasteiger partial charge in [-0.15, -0.1) is 11.3 Å². The fourth-order valence-electron chi connectivity index (χ4n) is 3.24. The lowest BCUT2D eigenvalue weighted by Gasteiger charge is -2.15. The summed E-state index contributed by atoms with van der Waals surface area (Å²) in [5.41, 5.74) is 4.37. The van der Waals surface area contributed by atoms with Crippen molar-refractivity contribution in [1.29, 1.82) is 0 Å². The topological polar surface area (TPSA) is 63.2 Å². The summed E-state index contributed by atoms with van der Waals surface area (Å²) in [6.45, 7) is 2.75. The lowest BCUT2D eigenvalue weighted by atomic mass is 9.98. The number of amides is 1. The summed E-state index contributed by atoms with van der Waals surface area (Å²) in [5, 5.41) is 7.29. The Morgan fingerprint density at radius 1 is 1.10 bits per heavy atom. The average molecular weight is 438 g/mol. The number of carbonyl (C=O) groups is 1. The van der Waals surface area contributed by atoms with Crippen LogP contribution >= 0.6 is 22.9 Å². The van der Waals surface area contributed by atoms with Crippen molar-refractivity contribution in [2.24, 2.45) is 0 Å². The van der Waals surface area contributed by atoms with Gasteiger partial charge in [0.25, 0.3) is 0 Å². The number of rotatable bonds is 6. The van der Waals surface area contributed by atoms with Crippen molar-refractivity contribution in [3.63, 3.8) is 0 Å². The second kappa shape index (κ2) is 9.15. The highest BCUT2D eigenvalue weighted by molar-refractivity contribution is 7.16. The Balaban J connectivity index is 1.73. The van der Waals surface area contributed by atoms with Crippen LogP contribution in [0.3, 0.4) is 0 Å². The molecule has 0 aliphatic rings. The summed E-state index contributed by atoms with van der Waals surface area (Å²) in [4.78, 5) is 17.7. The molecule has 0 saturated carbocycles. The predicted molar refractivity (Wildman–Crippen MR) is 124 cm³/mol. The Kier molecular flexibility index (Phi) is 6.16. The van der Waals surface area contributed by atoms with E-state index in [-0.39, 0.29) is 0 Å². The molecule has 0 bridgehead atoms. The zero-order chi connectivity index (χ0) is 20.9. The van der Waals surface area contributed by atoms with Crippen molar-refractivity contribution in [2.75, 3.05) is 17.2 Å². The van der Waals surface area contributed by atoms with Gasteiger partial charge in [0.05, 0.1) is 22.1 Å². The zero-order valence-corrected chi connectivity index (χ0v) is 17.9. The number of benzene rings is 2. The van der Waals surface area contributed by atoms with Gasteiger partial charge in [-0.25, -0.2) is 4.79 Å². The Morgan fingerprint density at radius 2 is 2.00 bits per heavy atom. The molecule has 0 unspecified atom stereocenters. The normalized spacial score (nSPS) is 10.7. The number of nitrogens with zero attached hydrogens (tertiary/aromatic N) is 1. The first-order chi connectivity index (χ1) is 14.6. The van der Waals surface area contributed by atoms with E-state index in [9.17, 15) is 4.79 Å². The van der Waals surface area contributed by atoms with Crippen LogP contribution in [0.2, 0.25) is 4.34 Å². The van der Waals surface area contributed by atoms with Crippen LogP contribution in [-0.2, 0) is 11.3 Å². The molecule has 0 atom stereocenters. The number of aromatic nitrogens is 1. The number of thiophene rings is 1. The third-order valence-corrected chi connectivity index (χ3v) is 5.79. The summed E-state index contributed by atoms with van der Waals surface area (Å²) < 4.78 is 5.84. The number of fused-ring (bicyclic) bond motifs is 1. The first-order valence-corrected chi connectivity index (χ1v) is 10.7. The molecule has 152 valence electrons. The number of nitrogens with one attached hydrogen (secondary N) is 2. The van der Waals surface area contributed by atoms with E-state index in [4.69, 9.17) is 16.3 Å². The molecule has 0 spiro atoms. The molecule has 0 fully saturated rings. The monoisotopic (exact) mass is 437 g/mol. The van der Waals surface area contributed by atoms with Crippen LogP contribution < -0.4 is 10.6 Å². The van der Waals surface area contributed by atoms with Gasteiger partial charge in [0, 0.05) is 34.3 Å². The third-order valence-electron chi connectivity index (χ3n) is 4.56. The van der Waals surface area contributed by atoms with E-state index in [1.807, 2.05) is 60.7 Å². The van der Waals surface area contributed by atoms with Crippen molar-refractivity contribution in [2.45, 2.75) is 13.5 Å². The first-order valence-electron chi connectivity index (χ1n) is 9.54. The highest BCUT2D eigenvalue weighted by atomic mass is 35.5. The molecule has 1 amide bonds. The van der Waals surface area contributed by atoms with Crippen molar-refractivity contribution in [3.8, 4) is 11.1 Å². The van der Waals surface area contributed by atoms with Gasteiger partial charge in [-0.3, -0.25) is 10.3 Å². The molecule has 0 aliphatic carbocycles. The molecular weight excluding hydrogens is 418 g/mol. The van der Waals surface area contributed by atoms with Gasteiger partial charge in [-0.2, -0.15) is 0 Å². The van der Waals surface area contributed by atoms with Gasteiger partial charge in [0.1, 0.15) is 0 Å². The van der Waals surface area contributed by atoms with Crippen LogP contribution in [0, 0.1) is 0 Å². The van der Waals surface area contributed by atoms with Gasteiger partial charge in [-0.1, -0.05) is 29.8 Å². The number of hydrogen-bond acceptors (Lipinski definition) is 5. The number of ether oxygens (including phenoxy) is 1. The predicted octanol–water partition coefficient (Wildman–Crippen LogP) is 6.80. The van der Waals surface area contributed by atoms with Crippen molar-refractivity contribution >= 4 is 51.3 Å². The van der Waals surface area contributed by atoms with E-state index in [0.29, 0.717) is 18.8 Å². The van der Waals surface area contributed by atoms with Crippen molar-refractivity contribution in [3.05, 3.63) is 76.1 Å². The number of pyridine rings is 1. The second-order valence-corrected chi connectivity index (χ2v) is 8.34. The molecule has 5 nitrogen and oxygen atoms in total. The average Bonchev–Trinajstić information content (AvgIpc) is 3.18. The lowest BCUT2D eigenvalue weighted by molar-refractivity contribution is 0.168. The lowest BCUT2D eigenvalue weighted by Crippen LogP contribution is -2.14. The van der Waals surface area contributed by atoms with Crippen LogP contribution in [0.1, 0.15) is 11.8 Å². The van der Waals surface area contributed by atoms with Gasteiger partial charge in [-0.05, 0) is 55.0 Å². The van der Waals surface area contributed by atoms with Crippen LogP contribution in [0.4, 0.5) is 16.2 Å². The van der Waals surface area contributed by atoms with E-state index >= 15 is 0 Å². The van der Waals surface area contributed by atoms with Gasteiger partial charge in [0.2, 0.25) is 0 Å². The van der Waals surface area contributed by atoms with Crippen LogP contribution in [0.25, 0.3) is 22.0 Å². The number of anilines is 2. The van der Waals surface area contributed by atoms with Crippen molar-refractivity contribution in [1.82, 2.24) is 4.98 Å². The minimum absolute atomic E-state index is 0.308. The Labute approximate surface area is 183 Å². The largest absolute Gasteiger partial charge is 0.450 e. The molecule has 2 aromatic heterocycles. The van der Waals surface area contributed by atoms with E-state index in [2.05, 4.69) is 15.6 Å². The maximum Gasteiger partial charge on any atom is 0.411 e. The third kappa shape index (κ3) is 4.56. The highest BCUT2D eigenvalue weighted by Gasteiger charge is 2.13. The maximum atomic E-state index is 12.1. The molecule has 4 rings (SSSR count). The van der Waals surface area contributed by atoms with Crippen molar-refractivity contribution < 1.29 is 9.53 Å². The van der Waals surface area contributed by atoms with Gasteiger partial charge < -0.3 is 10.1 Å². The fraction of sp³-hybridized carbons (Fsp3) is 0.130. The minimum atomic E-state index is -0.481. The Hall–Kier alpha value is -3.09. The molecule has 4 aromatic rings. The van der Waals surface area contributed by atoms with Crippen LogP contribution in [0.15, 0.2) is 66.9 Å². The van der Waals surface area contributed by atoms with E-state index in [1.165, 1.54) is 0 Å². The Bertz CT molecular complexity index is 1190. The quantitative estimate of drug-likeness (QED) is 0.348. The number of carbonyl (C=O) groups excluding carboxylic acids is 1. The highest BCUT2D eigenvalue weighted by Crippen LogP contribution is 2.35. The smallest absolute Gasteiger partial charge is 0.411 e. The molecule has 2 aromatic carbocycles. The van der Waals surface area contributed by atoms with Crippen LogP contribution in [0.5, 0.6) is 0 Å². The van der Waals surface area contributed by atoms with E-state index in [0.717, 1.165) is 36.9 Å². The summed E-state index contributed by atoms with van der Waals surface area (Å²) in [6.07, 6.45) is 1.29. The minimum Gasteiger partial charge on any atom is -0.450 e. The molecule has 0 saturated heterocycles. The summed E-state index contributed by atoms with van der Waals surface area (Å²) in [7, 11) is 0. The molecule has 7 heteroatoms. The van der Waals surface area contributed by atoms with E-state index in [1.54, 1.807) is 24.5 Å². The molecule has 30 heavy (non-hydrogen) atoms. The van der Waals surface area contributed by atoms with Crippen LogP contribution in [-0.4, -0.2) is 17.7 Å². The number of halogens is 1. The fourth-order valence-corrected chi connectivity index (χ4v) is 4.26. The number of hydrogen-bond donors (Lipinski definition) is 2.